The van der Waals surface area contributed by atoms with Gasteiger partial charge in [-0.15, -0.1) is 13.2 Å². The van der Waals surface area contributed by atoms with Gasteiger partial charge in [-0.05, 0) is 35.9 Å². The molecule has 0 saturated heterocycles. The first kappa shape index (κ1) is 17.1. The molecule has 7 heteroatoms. The van der Waals surface area contributed by atoms with Crippen LogP contribution < -0.4 is 4.74 Å². The Morgan fingerprint density at radius 2 is 1.74 bits per heavy atom. The highest BCUT2D eigenvalue weighted by atomic mass is 35.5. The summed E-state index contributed by atoms with van der Waals surface area (Å²) in [7, 11) is 1.59. The van der Waals surface area contributed by atoms with Crippen LogP contribution in [0.15, 0.2) is 48.5 Å². The second-order valence-electron chi connectivity index (χ2n) is 4.82. The van der Waals surface area contributed by atoms with Gasteiger partial charge in [-0.2, -0.15) is 0 Å². The number of nitrogens with zero attached hydrogens (tertiary/aromatic N) is 1. The number of hydrogen-bond acceptors (Lipinski definition) is 2. The molecule has 122 valence electrons. The van der Waals surface area contributed by atoms with Crippen LogP contribution in [-0.2, 0) is 6.54 Å². The van der Waals surface area contributed by atoms with Crippen molar-refractivity contribution in [1.29, 1.82) is 0 Å². The van der Waals surface area contributed by atoms with E-state index in [0.29, 0.717) is 11.6 Å². The molecule has 2 aromatic rings. The van der Waals surface area contributed by atoms with E-state index in [4.69, 9.17) is 11.6 Å². The first-order valence-corrected chi connectivity index (χ1v) is 6.99. The largest absolute Gasteiger partial charge is 0.573 e. The zero-order valence-corrected chi connectivity index (χ0v) is 12.9. The second-order valence-corrected chi connectivity index (χ2v) is 5.23. The highest BCUT2D eigenvalue weighted by molar-refractivity contribution is 6.31. The third-order valence-electron chi connectivity index (χ3n) is 3.05. The van der Waals surface area contributed by atoms with Gasteiger partial charge in [0.2, 0.25) is 0 Å². The van der Waals surface area contributed by atoms with Crippen molar-refractivity contribution in [3.63, 3.8) is 0 Å². The third kappa shape index (κ3) is 4.89. The van der Waals surface area contributed by atoms with E-state index in [1.165, 1.54) is 17.0 Å². The number of amides is 1. The summed E-state index contributed by atoms with van der Waals surface area (Å²) in [5.41, 5.74) is 1.04. The van der Waals surface area contributed by atoms with Crippen molar-refractivity contribution in [2.45, 2.75) is 12.9 Å². The topological polar surface area (TPSA) is 29.5 Å². The fourth-order valence-corrected chi connectivity index (χ4v) is 2.17. The molecular formula is C16H13ClF3NO2. The van der Waals surface area contributed by atoms with Gasteiger partial charge in [0.25, 0.3) is 5.91 Å². The minimum Gasteiger partial charge on any atom is -0.406 e. The lowest BCUT2D eigenvalue weighted by atomic mass is 10.1. The summed E-state index contributed by atoms with van der Waals surface area (Å²) in [6, 6.07) is 11.9. The molecule has 0 bridgehead atoms. The Labute approximate surface area is 136 Å². The quantitative estimate of drug-likeness (QED) is 0.817. The monoisotopic (exact) mass is 343 g/mol. The lowest BCUT2D eigenvalue weighted by molar-refractivity contribution is -0.274. The molecule has 0 aliphatic carbocycles. The van der Waals surface area contributed by atoms with Crippen LogP contribution in [-0.4, -0.2) is 24.2 Å². The Morgan fingerprint density at radius 3 is 2.30 bits per heavy atom. The predicted molar refractivity (Wildman–Crippen MR) is 80.4 cm³/mol. The van der Waals surface area contributed by atoms with Gasteiger partial charge >= 0.3 is 6.36 Å². The molecular weight excluding hydrogens is 331 g/mol. The normalized spacial score (nSPS) is 11.2. The first-order chi connectivity index (χ1) is 10.8. The minimum absolute atomic E-state index is 0.258. The van der Waals surface area contributed by atoms with Crippen molar-refractivity contribution >= 4 is 17.5 Å². The molecule has 0 atom stereocenters. The maximum absolute atomic E-state index is 12.3. The average Bonchev–Trinajstić information content (AvgIpc) is 2.48. The van der Waals surface area contributed by atoms with Crippen LogP contribution >= 0.6 is 11.6 Å². The van der Waals surface area contributed by atoms with E-state index in [2.05, 4.69) is 4.74 Å². The summed E-state index contributed by atoms with van der Waals surface area (Å²) in [5, 5.41) is 0.543. The number of halogens is 4. The number of carbonyl (C=O) groups excluding carboxylic acids is 1. The van der Waals surface area contributed by atoms with E-state index >= 15 is 0 Å². The number of rotatable bonds is 4. The van der Waals surface area contributed by atoms with E-state index in [1.807, 2.05) is 6.07 Å². The zero-order valence-electron chi connectivity index (χ0n) is 12.1. The lowest BCUT2D eigenvalue weighted by Gasteiger charge is -2.18. The van der Waals surface area contributed by atoms with E-state index in [0.717, 1.165) is 17.7 Å². The van der Waals surface area contributed by atoms with Gasteiger partial charge in [0.05, 0.1) is 0 Å². The number of ether oxygens (including phenoxy) is 1. The standard InChI is InChI=1S/C16H13ClF3NO2/c1-21(10-12-4-2-3-5-14(12)17)15(22)11-6-8-13(9-7-11)23-16(18,19)20/h2-9H,10H2,1H3. The number of hydrogen-bond donors (Lipinski definition) is 0. The van der Waals surface area contributed by atoms with Crippen LogP contribution in [0.25, 0.3) is 0 Å². The molecule has 2 rings (SSSR count). The Kier molecular flexibility index (Phi) is 5.15. The molecule has 0 spiro atoms. The number of alkyl halides is 3. The van der Waals surface area contributed by atoms with Gasteiger partial charge in [0, 0.05) is 24.2 Å². The summed E-state index contributed by atoms with van der Waals surface area (Å²) in [5.74, 6) is -0.703. The van der Waals surface area contributed by atoms with Gasteiger partial charge in [0.1, 0.15) is 5.75 Å². The van der Waals surface area contributed by atoms with Gasteiger partial charge < -0.3 is 9.64 Å². The van der Waals surface area contributed by atoms with Crippen LogP contribution in [0, 0.1) is 0 Å². The molecule has 0 heterocycles. The Balaban J connectivity index is 2.06. The summed E-state index contributed by atoms with van der Waals surface area (Å²) in [4.78, 5) is 13.7. The molecule has 2 aromatic carbocycles. The molecule has 1 amide bonds. The smallest absolute Gasteiger partial charge is 0.406 e. The van der Waals surface area contributed by atoms with Crippen molar-refractivity contribution in [3.05, 3.63) is 64.7 Å². The van der Waals surface area contributed by atoms with Crippen molar-refractivity contribution in [3.8, 4) is 5.75 Å². The van der Waals surface area contributed by atoms with Crippen molar-refractivity contribution in [1.82, 2.24) is 4.90 Å². The maximum atomic E-state index is 12.3. The molecule has 0 unspecified atom stereocenters. The fraction of sp³-hybridized carbons (Fsp3) is 0.188. The van der Waals surface area contributed by atoms with Crippen molar-refractivity contribution in [2.75, 3.05) is 7.05 Å². The molecule has 0 aliphatic heterocycles. The van der Waals surface area contributed by atoms with Gasteiger partial charge in [-0.1, -0.05) is 29.8 Å². The number of benzene rings is 2. The Bertz CT molecular complexity index is 686. The molecule has 23 heavy (non-hydrogen) atoms. The third-order valence-corrected chi connectivity index (χ3v) is 3.42. The minimum atomic E-state index is -4.76. The van der Waals surface area contributed by atoms with Gasteiger partial charge in [0.15, 0.2) is 0 Å². The Morgan fingerprint density at radius 1 is 1.13 bits per heavy atom. The zero-order chi connectivity index (χ0) is 17.0. The average molecular weight is 344 g/mol. The molecule has 0 N–H and O–H groups in total. The molecule has 3 nitrogen and oxygen atoms in total. The van der Waals surface area contributed by atoms with Crippen molar-refractivity contribution in [2.24, 2.45) is 0 Å². The predicted octanol–water partition coefficient (Wildman–Crippen LogP) is 4.51. The maximum Gasteiger partial charge on any atom is 0.573 e. The van der Waals surface area contributed by atoms with E-state index in [-0.39, 0.29) is 17.2 Å². The summed E-state index contributed by atoms with van der Waals surface area (Å²) < 4.78 is 40.1. The van der Waals surface area contributed by atoms with E-state index in [9.17, 15) is 18.0 Å². The molecule has 0 saturated carbocycles. The van der Waals surface area contributed by atoms with E-state index < -0.39 is 6.36 Å². The van der Waals surface area contributed by atoms with Crippen LogP contribution in [0.4, 0.5) is 13.2 Å². The number of carbonyl (C=O) groups is 1. The van der Waals surface area contributed by atoms with Crippen LogP contribution in [0.2, 0.25) is 5.02 Å². The molecule has 0 aromatic heterocycles. The second kappa shape index (κ2) is 6.91. The lowest BCUT2D eigenvalue weighted by Crippen LogP contribution is -2.26. The van der Waals surface area contributed by atoms with E-state index in [1.54, 1.807) is 25.2 Å². The fourth-order valence-electron chi connectivity index (χ4n) is 1.97. The molecule has 0 radical (unpaired) electrons. The molecule has 0 aliphatic rings. The van der Waals surface area contributed by atoms with Crippen LogP contribution in [0.5, 0.6) is 5.75 Å². The van der Waals surface area contributed by atoms with Gasteiger partial charge in [-0.3, -0.25) is 4.79 Å². The van der Waals surface area contributed by atoms with Crippen LogP contribution in [0.3, 0.4) is 0 Å². The van der Waals surface area contributed by atoms with Crippen LogP contribution in [0.1, 0.15) is 15.9 Å². The summed E-state index contributed by atoms with van der Waals surface area (Å²) >= 11 is 6.04. The highest BCUT2D eigenvalue weighted by Crippen LogP contribution is 2.23. The Hall–Kier alpha value is -2.21. The summed E-state index contributed by atoms with van der Waals surface area (Å²) in [6.07, 6.45) is -4.76. The highest BCUT2D eigenvalue weighted by Gasteiger charge is 2.31. The SMILES string of the molecule is CN(Cc1ccccc1Cl)C(=O)c1ccc(OC(F)(F)F)cc1. The van der Waals surface area contributed by atoms with Crippen molar-refractivity contribution < 1.29 is 22.7 Å². The van der Waals surface area contributed by atoms with Gasteiger partial charge in [-0.25, -0.2) is 0 Å². The summed E-state index contributed by atoms with van der Waals surface area (Å²) in [6.45, 7) is 0.291. The first-order valence-electron chi connectivity index (χ1n) is 6.61. The molecule has 0 fully saturated rings.